The maximum absolute atomic E-state index is 14.3. The van der Waals surface area contributed by atoms with Gasteiger partial charge in [0.25, 0.3) is 11.8 Å². The quantitative estimate of drug-likeness (QED) is 0.294. The minimum absolute atomic E-state index is 0. The Morgan fingerprint density at radius 2 is 1.52 bits per heavy atom. The molecule has 2 atom stereocenters. The molecular weight excluding hydrogens is 402 g/mol. The Balaban J connectivity index is 0.00000576. The van der Waals surface area contributed by atoms with Crippen LogP contribution in [0, 0.1) is 0 Å². The zero-order valence-electron chi connectivity index (χ0n) is 13.7. The Hall–Kier alpha value is 0.0700. The Bertz CT molecular complexity index is 675. The maximum atomic E-state index is 14.3. The second-order valence-corrected chi connectivity index (χ2v) is 7.75. The fourth-order valence-corrected chi connectivity index (χ4v) is 2.93. The van der Waals surface area contributed by atoms with Crippen molar-refractivity contribution in [3.8, 4) is 0 Å². The summed E-state index contributed by atoms with van der Waals surface area (Å²) < 4.78 is 99.8. The van der Waals surface area contributed by atoms with Crippen LogP contribution in [0.5, 0.6) is 0 Å². The van der Waals surface area contributed by atoms with E-state index in [1.807, 2.05) is 0 Å². The van der Waals surface area contributed by atoms with Crippen LogP contribution in [0.25, 0.3) is 0 Å². The van der Waals surface area contributed by atoms with E-state index >= 15 is 0 Å². The summed E-state index contributed by atoms with van der Waals surface area (Å²) in [5.41, 5.74) is -3.24. The average Bonchev–Trinajstić information content (AvgIpc) is 2.34. The van der Waals surface area contributed by atoms with E-state index in [1.54, 1.807) is 0 Å². The van der Waals surface area contributed by atoms with Gasteiger partial charge in [-0.05, 0) is 31.5 Å². The first kappa shape index (κ1) is 25.1. The van der Waals surface area contributed by atoms with Crippen LogP contribution < -0.4 is 29.6 Å². The zero-order valence-corrected chi connectivity index (χ0v) is 17.3. The zero-order chi connectivity index (χ0) is 19.0. The summed E-state index contributed by atoms with van der Waals surface area (Å²) in [6.07, 6.45) is -2.95. The first-order chi connectivity index (χ1) is 10.6. The van der Waals surface area contributed by atoms with Crippen molar-refractivity contribution in [3.05, 3.63) is 29.8 Å². The van der Waals surface area contributed by atoms with Crippen molar-refractivity contribution in [1.82, 2.24) is 0 Å². The van der Waals surface area contributed by atoms with Crippen LogP contribution in [-0.2, 0) is 10.1 Å². The van der Waals surface area contributed by atoms with Gasteiger partial charge in [-0.2, -0.15) is 0 Å². The third-order valence-corrected chi connectivity index (χ3v) is 4.64. The molecule has 0 N–H and O–H groups in total. The van der Waals surface area contributed by atoms with Gasteiger partial charge in [-0.15, -0.1) is 11.6 Å². The molecule has 0 saturated carbocycles. The molecule has 0 aliphatic carbocycles. The predicted molar refractivity (Wildman–Crippen MR) is 77.3 cm³/mol. The summed E-state index contributed by atoms with van der Waals surface area (Å²) in [6, 6.07) is 3.96. The molecule has 2 unspecified atom stereocenters. The van der Waals surface area contributed by atoms with Crippen molar-refractivity contribution in [2.75, 3.05) is 0 Å². The molecular formula is C14H15ClF5NaO3S. The molecule has 0 bridgehead atoms. The third kappa shape index (κ3) is 7.30. The molecule has 138 valence electrons. The molecule has 0 aliphatic rings. The topological polar surface area (TPSA) is 57.2 Å². The van der Waals surface area contributed by atoms with Crippen molar-refractivity contribution < 1.29 is 64.5 Å². The Morgan fingerprint density at radius 1 is 1.08 bits per heavy atom. The number of hydrogen-bond donors (Lipinski definition) is 0. The van der Waals surface area contributed by atoms with Crippen molar-refractivity contribution in [3.63, 3.8) is 0 Å². The second-order valence-electron chi connectivity index (χ2n) is 5.84. The molecule has 25 heavy (non-hydrogen) atoms. The number of alkyl halides is 6. The monoisotopic (exact) mass is 416 g/mol. The molecule has 11 heteroatoms. The SMILES string of the molecule is CC(F)(F)CC(F)(F)C(C)(F)CC(Cl)c1ccc(S(=O)(=O)[O-])cc1.[Na+]. The van der Waals surface area contributed by atoms with Crippen LogP contribution in [0.4, 0.5) is 22.0 Å². The summed E-state index contributed by atoms with van der Waals surface area (Å²) in [7, 11) is -4.69. The van der Waals surface area contributed by atoms with Gasteiger partial charge in [0.2, 0.25) is 0 Å². The van der Waals surface area contributed by atoms with Crippen molar-refractivity contribution >= 4 is 21.7 Å². The van der Waals surface area contributed by atoms with Gasteiger partial charge in [0, 0.05) is 6.42 Å². The molecule has 1 rings (SSSR count). The fraction of sp³-hybridized carbons (Fsp3) is 0.571. The van der Waals surface area contributed by atoms with E-state index in [2.05, 4.69) is 0 Å². The first-order valence-corrected chi connectivity index (χ1v) is 8.54. The largest absolute Gasteiger partial charge is 1.00 e. The molecule has 0 aromatic heterocycles. The molecule has 0 heterocycles. The molecule has 1 aromatic carbocycles. The van der Waals surface area contributed by atoms with Crippen molar-refractivity contribution in [2.45, 2.75) is 54.5 Å². The predicted octanol–water partition coefficient (Wildman–Crippen LogP) is 1.67. The van der Waals surface area contributed by atoms with Gasteiger partial charge in [-0.1, -0.05) is 12.1 Å². The molecule has 0 amide bonds. The average molecular weight is 417 g/mol. The van der Waals surface area contributed by atoms with Gasteiger partial charge in [0.05, 0.1) is 16.7 Å². The molecule has 0 radical (unpaired) electrons. The number of hydrogen-bond acceptors (Lipinski definition) is 3. The Morgan fingerprint density at radius 3 is 1.88 bits per heavy atom. The van der Waals surface area contributed by atoms with Crippen LogP contribution >= 0.6 is 11.6 Å². The van der Waals surface area contributed by atoms with Gasteiger partial charge in [0.15, 0.2) is 5.67 Å². The number of benzene rings is 1. The van der Waals surface area contributed by atoms with E-state index in [0.29, 0.717) is 6.92 Å². The minimum atomic E-state index is -4.69. The minimum Gasteiger partial charge on any atom is -0.744 e. The summed E-state index contributed by atoms with van der Waals surface area (Å²) in [4.78, 5) is -0.561. The van der Waals surface area contributed by atoms with Crippen LogP contribution in [-0.4, -0.2) is 30.5 Å². The van der Waals surface area contributed by atoms with E-state index < -0.39 is 50.7 Å². The Labute approximate surface area is 170 Å². The van der Waals surface area contributed by atoms with Crippen molar-refractivity contribution in [2.24, 2.45) is 0 Å². The maximum Gasteiger partial charge on any atom is 1.00 e. The molecule has 0 aliphatic heterocycles. The van der Waals surface area contributed by atoms with E-state index in [1.165, 1.54) is 0 Å². The van der Waals surface area contributed by atoms with Gasteiger partial charge in [-0.3, -0.25) is 0 Å². The van der Waals surface area contributed by atoms with Crippen LogP contribution in [0.1, 0.15) is 37.6 Å². The standard InChI is InChI=1S/C14H16ClF5O3S.Na/c1-12(16,14(19,20)8-13(2,17)18)7-11(15)9-3-5-10(6-4-9)24(21,22)23;/h3-6,11H,7-8H2,1-2H3,(H,21,22,23);/q;+1/p-1. The second kappa shape index (κ2) is 8.39. The van der Waals surface area contributed by atoms with Gasteiger partial charge >= 0.3 is 29.6 Å². The molecule has 0 saturated heterocycles. The third-order valence-electron chi connectivity index (χ3n) is 3.39. The molecule has 1 aromatic rings. The summed E-state index contributed by atoms with van der Waals surface area (Å²) in [6.45, 7) is 0.738. The van der Waals surface area contributed by atoms with Gasteiger partial charge < -0.3 is 4.55 Å². The van der Waals surface area contributed by atoms with Crippen molar-refractivity contribution in [1.29, 1.82) is 0 Å². The van der Waals surface area contributed by atoms with Crippen LogP contribution in [0.3, 0.4) is 0 Å². The smallest absolute Gasteiger partial charge is 0.744 e. The first-order valence-electron chi connectivity index (χ1n) is 6.70. The van der Waals surface area contributed by atoms with E-state index in [4.69, 9.17) is 11.6 Å². The van der Waals surface area contributed by atoms with Crippen LogP contribution in [0.2, 0.25) is 0 Å². The van der Waals surface area contributed by atoms with Crippen LogP contribution in [0.15, 0.2) is 29.2 Å². The molecule has 0 fully saturated rings. The Kier molecular flexibility index (Phi) is 8.42. The van der Waals surface area contributed by atoms with Gasteiger partial charge in [0.1, 0.15) is 10.1 Å². The number of halogens is 6. The number of rotatable bonds is 7. The molecule has 3 nitrogen and oxygen atoms in total. The summed E-state index contributed by atoms with van der Waals surface area (Å²) in [5.74, 6) is -8.08. The fourth-order valence-electron chi connectivity index (χ4n) is 2.02. The van der Waals surface area contributed by atoms with Gasteiger partial charge in [-0.25, -0.2) is 30.4 Å². The summed E-state index contributed by atoms with van der Waals surface area (Å²) in [5, 5.41) is -1.33. The summed E-state index contributed by atoms with van der Waals surface area (Å²) >= 11 is 5.85. The van der Waals surface area contributed by atoms with E-state index in [0.717, 1.165) is 24.3 Å². The van der Waals surface area contributed by atoms with E-state index in [9.17, 15) is 34.9 Å². The van der Waals surface area contributed by atoms with E-state index in [-0.39, 0.29) is 42.0 Å². The normalized spacial score (nSPS) is 16.7. The molecule has 0 spiro atoms.